The minimum absolute atomic E-state index is 0.0544. The maximum atomic E-state index is 13.8. The predicted octanol–water partition coefficient (Wildman–Crippen LogP) is 3.29. The number of aromatic carboxylic acids is 1. The maximum absolute atomic E-state index is 13.8. The van der Waals surface area contributed by atoms with Crippen LogP contribution in [0.15, 0.2) is 24.4 Å². The number of carbonyl (C=O) groups is 1. The summed E-state index contributed by atoms with van der Waals surface area (Å²) in [4.78, 5) is 21.1. The number of anilines is 2. The Bertz CT molecular complexity index is 1210. The number of carboxylic acids is 1. The fourth-order valence-electron chi connectivity index (χ4n) is 4.07. The first-order valence-corrected chi connectivity index (χ1v) is 11.6. The van der Waals surface area contributed by atoms with Gasteiger partial charge in [0.1, 0.15) is 15.5 Å². The van der Waals surface area contributed by atoms with Crippen molar-refractivity contribution in [3.05, 3.63) is 40.4 Å². The monoisotopic (exact) mass is 511 g/mol. The number of nitrogens with one attached hydrogen (secondary N) is 1. The van der Waals surface area contributed by atoms with E-state index < -0.39 is 29.5 Å². The summed E-state index contributed by atoms with van der Waals surface area (Å²) >= 11 is 0.637. The Hall–Kier alpha value is -3.16. The van der Waals surface area contributed by atoms with Crippen LogP contribution < -0.4 is 20.7 Å². The van der Waals surface area contributed by atoms with Gasteiger partial charge < -0.3 is 30.9 Å². The van der Waals surface area contributed by atoms with Crippen molar-refractivity contribution in [1.82, 2.24) is 15.3 Å². The van der Waals surface area contributed by atoms with Gasteiger partial charge >= 0.3 is 12.1 Å². The van der Waals surface area contributed by atoms with E-state index in [4.69, 9.17) is 10.5 Å². The number of aromatic nitrogens is 2. The molecule has 1 aliphatic heterocycles. The van der Waals surface area contributed by atoms with Crippen LogP contribution in [0, 0.1) is 0 Å². The first kappa shape index (κ1) is 24.9. The van der Waals surface area contributed by atoms with Crippen LogP contribution in [0.4, 0.5) is 24.7 Å². The number of methoxy groups -OCH3 is 1. The lowest BCUT2D eigenvalue weighted by Gasteiger charge is -2.34. The van der Waals surface area contributed by atoms with Gasteiger partial charge in [0.2, 0.25) is 5.88 Å². The topological polar surface area (TPSA) is 134 Å². The molecule has 188 valence electrons. The van der Waals surface area contributed by atoms with Gasteiger partial charge in [-0.25, -0.2) is 14.8 Å². The molecule has 9 nitrogen and oxygen atoms in total. The van der Waals surface area contributed by atoms with E-state index in [9.17, 15) is 28.2 Å². The average Bonchev–Trinajstić information content (AvgIpc) is 3.18. The van der Waals surface area contributed by atoms with Crippen LogP contribution in [-0.2, 0) is 6.18 Å². The first-order valence-electron chi connectivity index (χ1n) is 10.8. The molecule has 1 atom stereocenters. The zero-order valence-corrected chi connectivity index (χ0v) is 19.5. The Morgan fingerprint density at radius 2 is 2.09 bits per heavy atom. The van der Waals surface area contributed by atoms with Gasteiger partial charge in [0.25, 0.3) is 0 Å². The molecule has 4 rings (SSSR count). The highest BCUT2D eigenvalue weighted by molar-refractivity contribution is 7.21. The average molecular weight is 512 g/mol. The van der Waals surface area contributed by atoms with Crippen molar-refractivity contribution in [2.24, 2.45) is 0 Å². The van der Waals surface area contributed by atoms with Crippen molar-refractivity contribution in [2.75, 3.05) is 37.4 Å². The number of nitrogens with zero attached hydrogens (tertiary/aromatic N) is 3. The highest BCUT2D eigenvalue weighted by atomic mass is 32.1. The molecule has 1 saturated heterocycles. The zero-order chi connectivity index (χ0) is 25.3. The largest absolute Gasteiger partial charge is 0.481 e. The van der Waals surface area contributed by atoms with Gasteiger partial charge in [-0.3, -0.25) is 0 Å². The van der Waals surface area contributed by atoms with Gasteiger partial charge in [-0.2, -0.15) is 13.2 Å². The molecule has 5 N–H and O–H groups in total. The molecule has 1 aliphatic rings. The smallest absolute Gasteiger partial charge is 0.417 e. The SMILES string of the molecule is COc1ccc(C(O)CNC2CCN(c3cc(C(F)(F)F)c4c(N)c(C(=O)O)sc4n3)CC2)cn1. The number of nitrogens with two attached hydrogens (primary N) is 1. The van der Waals surface area contributed by atoms with Crippen LogP contribution in [-0.4, -0.2) is 58.9 Å². The molecule has 3 aromatic heterocycles. The minimum Gasteiger partial charge on any atom is -0.481 e. The summed E-state index contributed by atoms with van der Waals surface area (Å²) in [7, 11) is 1.51. The molecular formula is C22H24F3N5O4S. The van der Waals surface area contributed by atoms with Crippen LogP contribution in [0.25, 0.3) is 10.2 Å². The summed E-state index contributed by atoms with van der Waals surface area (Å²) in [6.45, 7) is 1.19. The second-order valence-corrected chi connectivity index (χ2v) is 9.17. The van der Waals surface area contributed by atoms with Crippen molar-refractivity contribution in [1.29, 1.82) is 0 Å². The Morgan fingerprint density at radius 1 is 1.37 bits per heavy atom. The third-order valence-corrected chi connectivity index (χ3v) is 7.04. The molecule has 13 heteroatoms. The number of ether oxygens (including phenoxy) is 1. The highest BCUT2D eigenvalue weighted by Gasteiger charge is 2.37. The molecular weight excluding hydrogens is 487 g/mol. The number of nitrogen functional groups attached to an aromatic ring is 1. The van der Waals surface area contributed by atoms with E-state index in [1.807, 2.05) is 0 Å². The number of rotatable bonds is 7. The van der Waals surface area contributed by atoms with Crippen molar-refractivity contribution in [2.45, 2.75) is 31.2 Å². The Labute approximate surface area is 202 Å². The molecule has 0 aromatic carbocycles. The lowest BCUT2D eigenvalue weighted by atomic mass is 10.0. The molecule has 35 heavy (non-hydrogen) atoms. The number of aliphatic hydroxyl groups excluding tert-OH is 1. The number of carboxylic acid groups (broad SMARTS) is 1. The van der Waals surface area contributed by atoms with Gasteiger partial charge in [-0.05, 0) is 25.0 Å². The number of piperidine rings is 1. The summed E-state index contributed by atoms with van der Waals surface area (Å²) < 4.78 is 46.4. The van der Waals surface area contributed by atoms with Crippen LogP contribution in [0.2, 0.25) is 0 Å². The molecule has 0 spiro atoms. The quantitative estimate of drug-likeness (QED) is 0.377. The number of hydrogen-bond donors (Lipinski definition) is 4. The van der Waals surface area contributed by atoms with Crippen LogP contribution in [0.3, 0.4) is 0 Å². The predicted molar refractivity (Wildman–Crippen MR) is 125 cm³/mol. The number of fused-ring (bicyclic) bond motifs is 1. The molecule has 0 bridgehead atoms. The standard InChI is InChI=1S/C22H24F3N5O4S/c1-34-16-3-2-11(9-28-16)14(31)10-27-12-4-6-30(7-5-12)15-8-13(22(23,24)25)17-18(26)19(21(32)33)35-20(17)29-15/h2-3,8-9,12,14,27,31H,4-7,10,26H2,1H3,(H,32,33). The zero-order valence-electron chi connectivity index (χ0n) is 18.7. The molecule has 3 aromatic rings. The third-order valence-electron chi connectivity index (χ3n) is 5.96. The summed E-state index contributed by atoms with van der Waals surface area (Å²) in [5, 5.41) is 22.6. The second-order valence-electron chi connectivity index (χ2n) is 8.18. The van der Waals surface area contributed by atoms with E-state index in [1.54, 1.807) is 23.2 Å². The van der Waals surface area contributed by atoms with Crippen LogP contribution in [0.1, 0.15) is 39.7 Å². The van der Waals surface area contributed by atoms with E-state index in [2.05, 4.69) is 15.3 Å². The van der Waals surface area contributed by atoms with E-state index >= 15 is 0 Å². The molecule has 4 heterocycles. The van der Waals surface area contributed by atoms with Crippen molar-refractivity contribution >= 4 is 39.0 Å². The van der Waals surface area contributed by atoms with Gasteiger partial charge in [0.15, 0.2) is 0 Å². The molecule has 0 amide bonds. The van der Waals surface area contributed by atoms with Crippen molar-refractivity contribution in [3.8, 4) is 5.88 Å². The molecule has 0 radical (unpaired) electrons. The van der Waals surface area contributed by atoms with Gasteiger partial charge in [0, 0.05) is 48.9 Å². The van der Waals surface area contributed by atoms with E-state index in [0.717, 1.165) is 6.07 Å². The Kier molecular flexibility index (Phi) is 7.01. The number of halogens is 3. The number of aliphatic hydroxyl groups is 1. The van der Waals surface area contributed by atoms with Gasteiger partial charge in [0.05, 0.1) is 24.5 Å². The summed E-state index contributed by atoms with van der Waals surface area (Å²) in [5.74, 6) is -0.809. The van der Waals surface area contributed by atoms with E-state index in [0.29, 0.717) is 55.3 Å². The van der Waals surface area contributed by atoms with Crippen molar-refractivity contribution < 1.29 is 32.9 Å². The Morgan fingerprint density at radius 3 is 2.66 bits per heavy atom. The highest BCUT2D eigenvalue weighted by Crippen LogP contribution is 2.43. The first-order chi connectivity index (χ1) is 16.6. The number of thiophene rings is 1. The van der Waals surface area contributed by atoms with E-state index in [1.165, 1.54) is 7.11 Å². The molecule has 1 unspecified atom stereocenters. The lowest BCUT2D eigenvalue weighted by Crippen LogP contribution is -2.44. The second kappa shape index (κ2) is 9.84. The minimum atomic E-state index is -4.72. The Balaban J connectivity index is 1.44. The van der Waals surface area contributed by atoms with Crippen molar-refractivity contribution in [3.63, 3.8) is 0 Å². The lowest BCUT2D eigenvalue weighted by molar-refractivity contribution is -0.136. The summed E-state index contributed by atoms with van der Waals surface area (Å²) in [6, 6.07) is 4.39. The molecule has 1 fully saturated rings. The van der Waals surface area contributed by atoms with Crippen LogP contribution >= 0.6 is 11.3 Å². The fourth-order valence-corrected chi connectivity index (χ4v) is 5.02. The summed E-state index contributed by atoms with van der Waals surface area (Å²) in [6.07, 6.45) is -2.69. The summed E-state index contributed by atoms with van der Waals surface area (Å²) in [5.41, 5.74) is 4.97. The van der Waals surface area contributed by atoms with Gasteiger partial charge in [-0.15, -0.1) is 11.3 Å². The molecule has 0 aliphatic carbocycles. The maximum Gasteiger partial charge on any atom is 0.417 e. The molecule has 0 saturated carbocycles. The number of alkyl halides is 3. The van der Waals surface area contributed by atoms with Gasteiger partial charge in [-0.1, -0.05) is 0 Å². The normalized spacial score (nSPS) is 16.0. The fraction of sp³-hybridized carbons (Fsp3) is 0.409. The third kappa shape index (κ3) is 5.26. The number of hydrogen-bond acceptors (Lipinski definition) is 9. The van der Waals surface area contributed by atoms with E-state index in [-0.39, 0.29) is 27.0 Å². The van der Waals surface area contributed by atoms with Crippen LogP contribution in [0.5, 0.6) is 5.88 Å². The number of pyridine rings is 2.